The molecule has 4 rings (SSSR count). The molecule has 0 fully saturated rings. The summed E-state index contributed by atoms with van der Waals surface area (Å²) in [5.74, 6) is 0.694. The Kier molecular flexibility index (Phi) is 5.89. The zero-order chi connectivity index (χ0) is 20.2. The molecule has 0 saturated carbocycles. The van der Waals surface area contributed by atoms with Gasteiger partial charge in [-0.3, -0.25) is 9.78 Å². The molecule has 3 aromatic heterocycles. The molecule has 0 aliphatic heterocycles. The highest BCUT2D eigenvalue weighted by Crippen LogP contribution is 2.26. The van der Waals surface area contributed by atoms with Crippen LogP contribution in [0.2, 0.25) is 5.02 Å². The van der Waals surface area contributed by atoms with E-state index >= 15 is 0 Å². The number of nitrogens with one attached hydrogen (secondary N) is 1. The van der Waals surface area contributed by atoms with Crippen molar-refractivity contribution >= 4 is 45.7 Å². The Balaban J connectivity index is 1.36. The molecule has 4 aromatic rings. The lowest BCUT2D eigenvalue weighted by molar-refractivity contribution is -0.113. The summed E-state index contributed by atoms with van der Waals surface area (Å²) in [7, 11) is 1.85. The number of hydrogen-bond acceptors (Lipinski definition) is 7. The Morgan fingerprint density at radius 1 is 1.17 bits per heavy atom. The van der Waals surface area contributed by atoms with Gasteiger partial charge in [0.05, 0.1) is 11.4 Å². The third-order valence-corrected chi connectivity index (χ3v) is 5.98. The Labute approximate surface area is 180 Å². The number of thiazole rings is 1. The average molecular weight is 443 g/mol. The zero-order valence-corrected chi connectivity index (χ0v) is 17.6. The summed E-state index contributed by atoms with van der Waals surface area (Å²) in [5, 5.41) is 14.9. The van der Waals surface area contributed by atoms with Crippen molar-refractivity contribution in [2.45, 2.75) is 5.16 Å². The summed E-state index contributed by atoms with van der Waals surface area (Å²) in [4.78, 5) is 21.1. The van der Waals surface area contributed by atoms with Gasteiger partial charge >= 0.3 is 0 Å². The lowest BCUT2D eigenvalue weighted by atomic mass is 10.2. The van der Waals surface area contributed by atoms with Crippen LogP contribution in [0.4, 0.5) is 5.13 Å². The molecule has 0 aliphatic rings. The molecule has 10 heteroatoms. The predicted octanol–water partition coefficient (Wildman–Crippen LogP) is 4.38. The van der Waals surface area contributed by atoms with Gasteiger partial charge in [0.2, 0.25) is 5.91 Å². The van der Waals surface area contributed by atoms with Crippen molar-refractivity contribution in [1.29, 1.82) is 0 Å². The Bertz CT molecular complexity index is 1130. The number of halogens is 1. The van der Waals surface area contributed by atoms with Gasteiger partial charge in [-0.1, -0.05) is 41.6 Å². The summed E-state index contributed by atoms with van der Waals surface area (Å²) in [6, 6.07) is 13.0. The molecule has 0 unspecified atom stereocenters. The summed E-state index contributed by atoms with van der Waals surface area (Å²) < 4.78 is 1.82. The average Bonchev–Trinajstić information content (AvgIpc) is 3.34. The first-order chi connectivity index (χ1) is 14.1. The number of pyridine rings is 1. The molecule has 1 aromatic carbocycles. The van der Waals surface area contributed by atoms with E-state index in [1.807, 2.05) is 59.5 Å². The number of nitrogens with zero attached hydrogens (tertiary/aromatic N) is 5. The topological polar surface area (TPSA) is 85.6 Å². The van der Waals surface area contributed by atoms with E-state index in [0.717, 1.165) is 17.0 Å². The Hall–Kier alpha value is -2.75. The van der Waals surface area contributed by atoms with E-state index in [2.05, 4.69) is 25.5 Å². The maximum absolute atomic E-state index is 12.3. The monoisotopic (exact) mass is 442 g/mol. The van der Waals surface area contributed by atoms with E-state index in [0.29, 0.717) is 21.1 Å². The SMILES string of the molecule is Cn1c(SCC(=O)Nc2nc(-c3ccc(Cl)cc3)cs2)nnc1-c1ccccn1. The molecular weight excluding hydrogens is 428 g/mol. The van der Waals surface area contributed by atoms with Gasteiger partial charge in [-0.2, -0.15) is 0 Å². The molecule has 0 saturated heterocycles. The molecular formula is C19H15ClN6OS2. The van der Waals surface area contributed by atoms with Crippen LogP contribution < -0.4 is 5.32 Å². The summed E-state index contributed by atoms with van der Waals surface area (Å²) in [6.07, 6.45) is 1.70. The molecule has 0 bridgehead atoms. The summed E-state index contributed by atoms with van der Waals surface area (Å²) >= 11 is 8.60. The van der Waals surface area contributed by atoms with Crippen LogP contribution in [0.1, 0.15) is 0 Å². The van der Waals surface area contributed by atoms with E-state index in [1.165, 1.54) is 23.1 Å². The van der Waals surface area contributed by atoms with E-state index in [-0.39, 0.29) is 11.7 Å². The van der Waals surface area contributed by atoms with E-state index in [9.17, 15) is 4.79 Å². The zero-order valence-electron chi connectivity index (χ0n) is 15.2. The second kappa shape index (κ2) is 8.73. The Morgan fingerprint density at radius 2 is 2.00 bits per heavy atom. The molecule has 3 heterocycles. The summed E-state index contributed by atoms with van der Waals surface area (Å²) in [6.45, 7) is 0. The maximum Gasteiger partial charge on any atom is 0.236 e. The molecule has 1 amide bonds. The first-order valence-corrected chi connectivity index (χ1v) is 10.8. The number of thioether (sulfide) groups is 1. The fourth-order valence-corrected chi connectivity index (χ4v) is 4.10. The number of anilines is 1. The van der Waals surface area contributed by atoms with Gasteiger partial charge in [0.15, 0.2) is 16.1 Å². The standard InChI is InChI=1S/C19H15ClN6OS2/c1-26-17(14-4-2-3-9-21-14)24-25-19(26)29-11-16(27)23-18-22-15(10-28-18)12-5-7-13(20)8-6-12/h2-10H,11H2,1H3,(H,22,23,27). The van der Waals surface area contributed by atoms with Crippen molar-refractivity contribution in [3.05, 3.63) is 59.1 Å². The minimum atomic E-state index is -0.158. The highest BCUT2D eigenvalue weighted by Gasteiger charge is 2.14. The third-order valence-electron chi connectivity index (χ3n) is 3.95. The van der Waals surface area contributed by atoms with Gasteiger partial charge in [-0.05, 0) is 24.3 Å². The van der Waals surface area contributed by atoms with Crippen LogP contribution >= 0.6 is 34.7 Å². The molecule has 1 N–H and O–H groups in total. The van der Waals surface area contributed by atoms with Crippen molar-refractivity contribution in [2.75, 3.05) is 11.1 Å². The normalized spacial score (nSPS) is 10.8. The van der Waals surface area contributed by atoms with Gasteiger partial charge in [0.25, 0.3) is 0 Å². The second-order valence-corrected chi connectivity index (χ2v) is 8.20. The highest BCUT2D eigenvalue weighted by atomic mass is 35.5. The predicted molar refractivity (Wildman–Crippen MR) is 116 cm³/mol. The summed E-state index contributed by atoms with van der Waals surface area (Å²) in [5.41, 5.74) is 2.47. The van der Waals surface area contributed by atoms with Crippen LogP contribution in [0.25, 0.3) is 22.8 Å². The van der Waals surface area contributed by atoms with Gasteiger partial charge < -0.3 is 9.88 Å². The molecule has 0 spiro atoms. The number of carbonyl (C=O) groups is 1. The van der Waals surface area contributed by atoms with Crippen LogP contribution in [0.3, 0.4) is 0 Å². The number of aromatic nitrogens is 5. The molecule has 0 radical (unpaired) electrons. The van der Waals surface area contributed by atoms with Crippen molar-refractivity contribution in [1.82, 2.24) is 24.7 Å². The van der Waals surface area contributed by atoms with Crippen LogP contribution in [0.5, 0.6) is 0 Å². The van der Waals surface area contributed by atoms with Crippen LogP contribution in [0, 0.1) is 0 Å². The van der Waals surface area contributed by atoms with E-state index in [4.69, 9.17) is 11.6 Å². The fraction of sp³-hybridized carbons (Fsp3) is 0.105. The van der Waals surface area contributed by atoms with E-state index in [1.54, 1.807) is 6.20 Å². The van der Waals surface area contributed by atoms with Gasteiger partial charge in [-0.15, -0.1) is 21.5 Å². The van der Waals surface area contributed by atoms with Crippen molar-refractivity contribution < 1.29 is 4.79 Å². The molecule has 0 aliphatic carbocycles. The van der Waals surface area contributed by atoms with Crippen molar-refractivity contribution in [3.63, 3.8) is 0 Å². The second-order valence-electron chi connectivity index (χ2n) is 5.96. The molecule has 7 nitrogen and oxygen atoms in total. The van der Waals surface area contributed by atoms with Gasteiger partial charge in [0.1, 0.15) is 5.69 Å². The first-order valence-electron chi connectivity index (χ1n) is 8.55. The molecule has 29 heavy (non-hydrogen) atoms. The van der Waals surface area contributed by atoms with Crippen molar-refractivity contribution in [2.24, 2.45) is 7.05 Å². The number of hydrogen-bond donors (Lipinski definition) is 1. The largest absolute Gasteiger partial charge is 0.304 e. The minimum absolute atomic E-state index is 0.158. The highest BCUT2D eigenvalue weighted by molar-refractivity contribution is 7.99. The van der Waals surface area contributed by atoms with Crippen molar-refractivity contribution in [3.8, 4) is 22.8 Å². The van der Waals surface area contributed by atoms with Crippen LogP contribution in [-0.4, -0.2) is 36.4 Å². The molecule has 0 atom stereocenters. The lowest BCUT2D eigenvalue weighted by Gasteiger charge is -2.03. The van der Waals surface area contributed by atoms with Crippen LogP contribution in [-0.2, 0) is 11.8 Å². The fourth-order valence-electron chi connectivity index (χ4n) is 2.53. The van der Waals surface area contributed by atoms with Gasteiger partial charge in [0, 0.05) is 29.2 Å². The number of rotatable bonds is 6. The third kappa shape index (κ3) is 4.64. The lowest BCUT2D eigenvalue weighted by Crippen LogP contribution is -2.14. The first kappa shape index (κ1) is 19.6. The Morgan fingerprint density at radius 3 is 2.76 bits per heavy atom. The number of benzene rings is 1. The van der Waals surface area contributed by atoms with Gasteiger partial charge in [-0.25, -0.2) is 4.98 Å². The molecule has 146 valence electrons. The smallest absolute Gasteiger partial charge is 0.236 e. The van der Waals surface area contributed by atoms with Crippen LogP contribution in [0.15, 0.2) is 59.2 Å². The quantitative estimate of drug-likeness (QED) is 0.446. The minimum Gasteiger partial charge on any atom is -0.304 e. The maximum atomic E-state index is 12.3. The van der Waals surface area contributed by atoms with E-state index < -0.39 is 0 Å². The number of carbonyl (C=O) groups excluding carboxylic acids is 1. The number of amides is 1.